The van der Waals surface area contributed by atoms with Gasteiger partial charge in [-0.3, -0.25) is 4.79 Å². The molecule has 3 fully saturated rings. The molecule has 8 heteroatoms. The van der Waals surface area contributed by atoms with Crippen LogP contribution in [0, 0.1) is 5.92 Å². The molecule has 1 aromatic rings. The number of nitrogens with one attached hydrogen (secondary N) is 2. The highest BCUT2D eigenvalue weighted by molar-refractivity contribution is 6.30. The Hall–Kier alpha value is -2.02. The standard InChI is InChI=1S/C23H34ClN5O2/c24-18-6-7-21(25-16-18)28-12-8-17(9-13-28)22(30)26-20-10-14-29(15-11-20)23(31)27-19-4-2-1-3-5-19/h6-7,16-17,19-20H,1-5,8-15H2,(H,26,30)(H,27,31). The Balaban J connectivity index is 1.16. The highest BCUT2D eigenvalue weighted by Crippen LogP contribution is 2.24. The maximum atomic E-state index is 12.8. The van der Waals surface area contributed by atoms with Crippen LogP contribution in [-0.2, 0) is 4.79 Å². The van der Waals surface area contributed by atoms with Crippen molar-refractivity contribution in [2.24, 2.45) is 5.92 Å². The molecule has 31 heavy (non-hydrogen) atoms. The lowest BCUT2D eigenvalue weighted by Crippen LogP contribution is -2.52. The molecule has 0 aromatic carbocycles. The molecule has 3 heterocycles. The fraction of sp³-hybridized carbons (Fsp3) is 0.696. The number of aromatic nitrogens is 1. The van der Waals surface area contributed by atoms with Gasteiger partial charge in [0.2, 0.25) is 5.91 Å². The highest BCUT2D eigenvalue weighted by Gasteiger charge is 2.29. The fourth-order valence-electron chi connectivity index (χ4n) is 4.98. The Morgan fingerprint density at radius 3 is 2.19 bits per heavy atom. The number of anilines is 1. The summed E-state index contributed by atoms with van der Waals surface area (Å²) in [5, 5.41) is 7.08. The average molecular weight is 448 g/mol. The first-order valence-corrected chi connectivity index (χ1v) is 12.2. The van der Waals surface area contributed by atoms with Crippen molar-refractivity contribution in [3.05, 3.63) is 23.4 Å². The van der Waals surface area contributed by atoms with E-state index >= 15 is 0 Å². The van der Waals surface area contributed by atoms with Gasteiger partial charge in [0.05, 0.1) is 5.02 Å². The topological polar surface area (TPSA) is 77.6 Å². The van der Waals surface area contributed by atoms with Crippen molar-refractivity contribution < 1.29 is 9.59 Å². The first-order valence-electron chi connectivity index (χ1n) is 11.8. The maximum Gasteiger partial charge on any atom is 0.317 e. The minimum absolute atomic E-state index is 0.0520. The molecule has 1 saturated carbocycles. The number of pyridine rings is 1. The number of carbonyl (C=O) groups is 2. The van der Waals surface area contributed by atoms with Gasteiger partial charge in [-0.25, -0.2) is 9.78 Å². The van der Waals surface area contributed by atoms with Gasteiger partial charge < -0.3 is 20.4 Å². The molecule has 2 saturated heterocycles. The molecule has 0 atom stereocenters. The second-order valence-electron chi connectivity index (χ2n) is 9.15. The van der Waals surface area contributed by atoms with Gasteiger partial charge in [0.1, 0.15) is 5.82 Å². The van der Waals surface area contributed by atoms with Crippen molar-refractivity contribution >= 4 is 29.4 Å². The first kappa shape index (κ1) is 22.2. The zero-order chi connectivity index (χ0) is 21.6. The van der Waals surface area contributed by atoms with E-state index in [2.05, 4.69) is 20.5 Å². The van der Waals surface area contributed by atoms with Crippen LogP contribution >= 0.6 is 11.6 Å². The number of urea groups is 1. The molecule has 0 radical (unpaired) electrons. The van der Waals surface area contributed by atoms with Crippen LogP contribution in [0.2, 0.25) is 5.02 Å². The van der Waals surface area contributed by atoms with E-state index in [-0.39, 0.29) is 23.9 Å². The minimum Gasteiger partial charge on any atom is -0.357 e. The molecule has 0 unspecified atom stereocenters. The fourth-order valence-corrected chi connectivity index (χ4v) is 5.10. The van der Waals surface area contributed by atoms with Crippen LogP contribution in [0.1, 0.15) is 57.8 Å². The normalized spacial score (nSPS) is 21.7. The second kappa shape index (κ2) is 10.5. The third-order valence-electron chi connectivity index (χ3n) is 6.96. The molecule has 4 rings (SSSR count). The lowest BCUT2D eigenvalue weighted by atomic mass is 9.94. The molecule has 0 spiro atoms. The third kappa shape index (κ3) is 6.03. The summed E-state index contributed by atoms with van der Waals surface area (Å²) in [6.07, 6.45) is 10.9. The van der Waals surface area contributed by atoms with E-state index in [9.17, 15) is 9.59 Å². The SMILES string of the molecule is O=C(NC1CCN(C(=O)NC2CCCCC2)CC1)C1CCN(c2ccc(Cl)cn2)CC1. The van der Waals surface area contributed by atoms with E-state index in [4.69, 9.17) is 11.6 Å². The lowest BCUT2D eigenvalue weighted by molar-refractivity contribution is -0.126. The largest absolute Gasteiger partial charge is 0.357 e. The van der Waals surface area contributed by atoms with Gasteiger partial charge in [-0.05, 0) is 50.7 Å². The summed E-state index contributed by atoms with van der Waals surface area (Å²) in [7, 11) is 0. The van der Waals surface area contributed by atoms with Crippen molar-refractivity contribution in [1.29, 1.82) is 0 Å². The average Bonchev–Trinajstić information content (AvgIpc) is 2.81. The molecule has 170 valence electrons. The number of piperidine rings is 2. The molecule has 2 N–H and O–H groups in total. The van der Waals surface area contributed by atoms with Gasteiger partial charge in [0.15, 0.2) is 0 Å². The number of halogens is 1. The lowest BCUT2D eigenvalue weighted by Gasteiger charge is -2.36. The van der Waals surface area contributed by atoms with Crippen LogP contribution in [0.5, 0.6) is 0 Å². The summed E-state index contributed by atoms with van der Waals surface area (Å²) < 4.78 is 0. The summed E-state index contributed by atoms with van der Waals surface area (Å²) in [6.45, 7) is 3.08. The first-order chi connectivity index (χ1) is 15.1. The number of hydrogen-bond donors (Lipinski definition) is 2. The Kier molecular flexibility index (Phi) is 7.54. The van der Waals surface area contributed by atoms with E-state index in [0.717, 1.165) is 57.4 Å². The van der Waals surface area contributed by atoms with Crippen LogP contribution in [0.3, 0.4) is 0 Å². The van der Waals surface area contributed by atoms with Crippen LogP contribution < -0.4 is 15.5 Å². The highest BCUT2D eigenvalue weighted by atomic mass is 35.5. The van der Waals surface area contributed by atoms with Gasteiger partial charge in [0.25, 0.3) is 0 Å². The van der Waals surface area contributed by atoms with Crippen LogP contribution in [0.15, 0.2) is 18.3 Å². The van der Waals surface area contributed by atoms with Crippen molar-refractivity contribution in [2.75, 3.05) is 31.1 Å². The van der Waals surface area contributed by atoms with E-state index in [0.29, 0.717) is 24.2 Å². The molecular formula is C23H34ClN5O2. The summed E-state index contributed by atoms with van der Waals surface area (Å²) in [5.74, 6) is 1.13. The zero-order valence-electron chi connectivity index (χ0n) is 18.2. The Morgan fingerprint density at radius 1 is 0.871 bits per heavy atom. The summed E-state index contributed by atoms with van der Waals surface area (Å²) in [4.78, 5) is 33.8. The molecule has 3 aliphatic rings. The quantitative estimate of drug-likeness (QED) is 0.739. The smallest absolute Gasteiger partial charge is 0.317 e. The maximum absolute atomic E-state index is 12.8. The van der Waals surface area contributed by atoms with Crippen LogP contribution in [0.25, 0.3) is 0 Å². The Bertz CT molecular complexity index is 737. The molecule has 1 aliphatic carbocycles. The van der Waals surface area contributed by atoms with E-state index in [1.807, 2.05) is 17.0 Å². The van der Waals surface area contributed by atoms with Crippen LogP contribution in [0.4, 0.5) is 10.6 Å². The van der Waals surface area contributed by atoms with Gasteiger partial charge in [0, 0.05) is 50.4 Å². The van der Waals surface area contributed by atoms with E-state index in [1.165, 1.54) is 19.3 Å². The Labute approximate surface area is 189 Å². The van der Waals surface area contributed by atoms with Gasteiger partial charge in [-0.1, -0.05) is 30.9 Å². The summed E-state index contributed by atoms with van der Waals surface area (Å²) in [5.41, 5.74) is 0. The Morgan fingerprint density at radius 2 is 1.55 bits per heavy atom. The minimum atomic E-state index is 0.0520. The summed E-state index contributed by atoms with van der Waals surface area (Å²) >= 11 is 5.92. The predicted octanol–water partition coefficient (Wildman–Crippen LogP) is 3.57. The van der Waals surface area contributed by atoms with Crippen molar-refractivity contribution in [3.8, 4) is 0 Å². The number of rotatable bonds is 4. The third-order valence-corrected chi connectivity index (χ3v) is 7.19. The van der Waals surface area contributed by atoms with Crippen LogP contribution in [-0.4, -0.2) is 60.1 Å². The van der Waals surface area contributed by atoms with Crippen molar-refractivity contribution in [2.45, 2.75) is 69.9 Å². The molecule has 0 bridgehead atoms. The number of nitrogens with zero attached hydrogens (tertiary/aromatic N) is 3. The molecule has 3 amide bonds. The van der Waals surface area contributed by atoms with E-state index < -0.39 is 0 Å². The zero-order valence-corrected chi connectivity index (χ0v) is 18.9. The van der Waals surface area contributed by atoms with Gasteiger partial charge in [-0.15, -0.1) is 0 Å². The van der Waals surface area contributed by atoms with Crippen molar-refractivity contribution in [3.63, 3.8) is 0 Å². The molecular weight excluding hydrogens is 414 g/mol. The second-order valence-corrected chi connectivity index (χ2v) is 9.59. The number of likely N-dealkylation sites (tertiary alicyclic amines) is 1. The van der Waals surface area contributed by atoms with E-state index in [1.54, 1.807) is 6.20 Å². The number of amides is 3. The van der Waals surface area contributed by atoms with Gasteiger partial charge >= 0.3 is 6.03 Å². The predicted molar refractivity (Wildman–Crippen MR) is 122 cm³/mol. The summed E-state index contributed by atoms with van der Waals surface area (Å²) in [6, 6.07) is 4.36. The monoisotopic (exact) mass is 447 g/mol. The number of hydrogen-bond acceptors (Lipinski definition) is 4. The molecule has 7 nitrogen and oxygen atoms in total. The van der Waals surface area contributed by atoms with Crippen molar-refractivity contribution in [1.82, 2.24) is 20.5 Å². The van der Waals surface area contributed by atoms with Gasteiger partial charge in [-0.2, -0.15) is 0 Å². The molecule has 1 aromatic heterocycles. The number of carbonyl (C=O) groups excluding carboxylic acids is 2. The molecule has 2 aliphatic heterocycles.